The number of benzene rings is 1. The Morgan fingerprint density at radius 3 is 2.42 bits per heavy atom. The second kappa shape index (κ2) is 6.65. The topological polar surface area (TPSA) is 98.5 Å². The van der Waals surface area contributed by atoms with E-state index in [2.05, 4.69) is 5.32 Å². The zero-order chi connectivity index (χ0) is 14.5. The van der Waals surface area contributed by atoms with Crippen LogP contribution in [0.15, 0.2) is 29.2 Å². The zero-order valence-corrected chi connectivity index (χ0v) is 11.7. The summed E-state index contributed by atoms with van der Waals surface area (Å²) in [6.07, 6.45) is -0.0716. The van der Waals surface area contributed by atoms with Crippen LogP contribution < -0.4 is 10.5 Å². The van der Waals surface area contributed by atoms with Gasteiger partial charge in [0, 0.05) is 18.7 Å². The van der Waals surface area contributed by atoms with Crippen molar-refractivity contribution >= 4 is 15.9 Å². The minimum atomic E-state index is -3.73. The van der Waals surface area contributed by atoms with Crippen molar-refractivity contribution in [3.63, 3.8) is 0 Å². The van der Waals surface area contributed by atoms with Crippen LogP contribution in [0, 0.1) is 0 Å². The van der Waals surface area contributed by atoms with Crippen LogP contribution in [0.4, 0.5) is 0 Å². The number of primary sulfonamides is 1. The maximum absolute atomic E-state index is 11.8. The zero-order valence-electron chi connectivity index (χ0n) is 10.9. The van der Waals surface area contributed by atoms with Crippen LogP contribution >= 0.6 is 0 Å². The van der Waals surface area contributed by atoms with Gasteiger partial charge in [-0.25, -0.2) is 13.6 Å². The van der Waals surface area contributed by atoms with E-state index in [1.54, 1.807) is 0 Å². The molecule has 1 amide bonds. The van der Waals surface area contributed by atoms with E-state index in [0.717, 1.165) is 0 Å². The largest absolute Gasteiger partial charge is 0.377 e. The quantitative estimate of drug-likeness (QED) is 0.795. The van der Waals surface area contributed by atoms with Crippen molar-refractivity contribution < 1.29 is 17.9 Å². The monoisotopic (exact) mass is 286 g/mol. The van der Waals surface area contributed by atoms with E-state index in [0.29, 0.717) is 18.7 Å². The van der Waals surface area contributed by atoms with Gasteiger partial charge >= 0.3 is 0 Å². The van der Waals surface area contributed by atoms with Crippen molar-refractivity contribution in [3.05, 3.63) is 29.8 Å². The Morgan fingerprint density at radius 2 is 1.95 bits per heavy atom. The van der Waals surface area contributed by atoms with Crippen molar-refractivity contribution in [1.29, 1.82) is 0 Å². The molecular formula is C12H18N2O4S. The summed E-state index contributed by atoms with van der Waals surface area (Å²) in [5, 5.41) is 7.67. The van der Waals surface area contributed by atoms with Crippen molar-refractivity contribution in [2.75, 3.05) is 13.2 Å². The predicted molar refractivity (Wildman–Crippen MR) is 71.2 cm³/mol. The van der Waals surface area contributed by atoms with Gasteiger partial charge in [0.25, 0.3) is 5.91 Å². The number of hydrogen-bond acceptors (Lipinski definition) is 4. The van der Waals surface area contributed by atoms with Crippen LogP contribution in [0.25, 0.3) is 0 Å². The van der Waals surface area contributed by atoms with Gasteiger partial charge in [0.2, 0.25) is 10.0 Å². The molecule has 0 saturated carbocycles. The summed E-state index contributed by atoms with van der Waals surface area (Å²) in [5.74, 6) is -0.285. The molecule has 0 aliphatic carbocycles. The fourth-order valence-electron chi connectivity index (χ4n) is 1.48. The van der Waals surface area contributed by atoms with Crippen LogP contribution in [-0.4, -0.2) is 33.6 Å². The Balaban J connectivity index is 2.64. The number of ether oxygens (including phenoxy) is 1. The SMILES string of the molecule is CCOC(C)CNC(=O)c1ccc(S(N)(=O)=O)cc1. The fourth-order valence-corrected chi connectivity index (χ4v) is 1.99. The van der Waals surface area contributed by atoms with E-state index in [1.807, 2.05) is 13.8 Å². The third-order valence-corrected chi connectivity index (χ3v) is 3.38. The molecule has 1 rings (SSSR count). The molecule has 1 atom stereocenters. The summed E-state index contributed by atoms with van der Waals surface area (Å²) >= 11 is 0. The number of hydrogen-bond donors (Lipinski definition) is 2. The van der Waals surface area contributed by atoms with Gasteiger partial charge in [0.1, 0.15) is 0 Å². The molecule has 7 heteroatoms. The summed E-state index contributed by atoms with van der Waals surface area (Å²) in [4.78, 5) is 11.7. The van der Waals surface area contributed by atoms with Crippen LogP contribution in [-0.2, 0) is 14.8 Å². The molecule has 0 bridgehead atoms. The van der Waals surface area contributed by atoms with E-state index >= 15 is 0 Å². The maximum atomic E-state index is 11.8. The molecule has 6 nitrogen and oxygen atoms in total. The number of rotatable bonds is 6. The maximum Gasteiger partial charge on any atom is 0.251 e. The number of nitrogens with one attached hydrogen (secondary N) is 1. The number of nitrogens with two attached hydrogens (primary N) is 1. The predicted octanol–water partition coefficient (Wildman–Crippen LogP) is 0.489. The first-order valence-electron chi connectivity index (χ1n) is 5.87. The molecule has 106 valence electrons. The molecule has 1 unspecified atom stereocenters. The van der Waals surface area contributed by atoms with Crippen LogP contribution in [0.1, 0.15) is 24.2 Å². The fraction of sp³-hybridized carbons (Fsp3) is 0.417. The van der Waals surface area contributed by atoms with Gasteiger partial charge in [-0.3, -0.25) is 4.79 Å². The molecule has 0 fully saturated rings. The Hall–Kier alpha value is -1.44. The first-order valence-corrected chi connectivity index (χ1v) is 7.42. The number of sulfonamides is 1. The standard InChI is InChI=1S/C12H18N2O4S/c1-3-18-9(2)8-14-12(15)10-4-6-11(7-5-10)19(13,16)17/h4-7,9H,3,8H2,1-2H3,(H,14,15)(H2,13,16,17). The van der Waals surface area contributed by atoms with Crippen LogP contribution in [0.3, 0.4) is 0 Å². The van der Waals surface area contributed by atoms with Gasteiger partial charge in [0.15, 0.2) is 0 Å². The molecule has 1 aromatic carbocycles. The van der Waals surface area contributed by atoms with Gasteiger partial charge in [-0.05, 0) is 38.1 Å². The summed E-state index contributed by atoms with van der Waals surface area (Å²) in [5.41, 5.74) is 0.371. The third kappa shape index (κ3) is 4.98. The lowest BCUT2D eigenvalue weighted by Gasteiger charge is -2.12. The van der Waals surface area contributed by atoms with Gasteiger partial charge in [-0.2, -0.15) is 0 Å². The van der Waals surface area contributed by atoms with Gasteiger partial charge in [-0.15, -0.1) is 0 Å². The summed E-state index contributed by atoms with van der Waals surface area (Å²) in [7, 11) is -3.73. The minimum Gasteiger partial charge on any atom is -0.377 e. The molecule has 0 saturated heterocycles. The van der Waals surface area contributed by atoms with E-state index in [-0.39, 0.29) is 16.9 Å². The second-order valence-electron chi connectivity index (χ2n) is 4.05. The van der Waals surface area contributed by atoms with Crippen LogP contribution in [0.2, 0.25) is 0 Å². The van der Waals surface area contributed by atoms with Crippen LogP contribution in [0.5, 0.6) is 0 Å². The third-order valence-electron chi connectivity index (χ3n) is 2.45. The van der Waals surface area contributed by atoms with E-state index in [1.165, 1.54) is 24.3 Å². The minimum absolute atomic E-state index is 0.0215. The average molecular weight is 286 g/mol. The molecule has 0 spiro atoms. The highest BCUT2D eigenvalue weighted by atomic mass is 32.2. The summed E-state index contributed by atoms with van der Waals surface area (Å²) in [6.45, 7) is 4.71. The van der Waals surface area contributed by atoms with Crippen molar-refractivity contribution in [2.24, 2.45) is 5.14 Å². The lowest BCUT2D eigenvalue weighted by molar-refractivity contribution is 0.0695. The first kappa shape index (κ1) is 15.6. The lowest BCUT2D eigenvalue weighted by Crippen LogP contribution is -2.32. The second-order valence-corrected chi connectivity index (χ2v) is 5.61. The van der Waals surface area contributed by atoms with Gasteiger partial charge in [0.05, 0.1) is 11.0 Å². The number of amides is 1. The Morgan fingerprint density at radius 1 is 1.37 bits per heavy atom. The highest BCUT2D eigenvalue weighted by Gasteiger charge is 2.11. The normalized spacial score (nSPS) is 13.0. The molecule has 1 aromatic rings. The van der Waals surface area contributed by atoms with Crippen molar-refractivity contribution in [2.45, 2.75) is 24.8 Å². The molecule has 0 heterocycles. The Labute approximate surface area is 113 Å². The van der Waals surface area contributed by atoms with E-state index in [9.17, 15) is 13.2 Å². The Bertz CT molecular complexity index is 525. The summed E-state index contributed by atoms with van der Waals surface area (Å²) in [6, 6.07) is 5.44. The molecule has 0 radical (unpaired) electrons. The first-order chi connectivity index (χ1) is 8.84. The van der Waals surface area contributed by atoms with E-state index in [4.69, 9.17) is 9.88 Å². The number of carbonyl (C=O) groups is 1. The molecule has 19 heavy (non-hydrogen) atoms. The lowest BCUT2D eigenvalue weighted by atomic mass is 10.2. The van der Waals surface area contributed by atoms with Gasteiger partial charge in [-0.1, -0.05) is 0 Å². The number of carbonyl (C=O) groups excluding carboxylic acids is 1. The molecule has 0 aromatic heterocycles. The van der Waals surface area contributed by atoms with Crippen molar-refractivity contribution in [1.82, 2.24) is 5.32 Å². The highest BCUT2D eigenvalue weighted by Crippen LogP contribution is 2.08. The molecule has 3 N–H and O–H groups in total. The highest BCUT2D eigenvalue weighted by molar-refractivity contribution is 7.89. The summed E-state index contributed by atoms with van der Waals surface area (Å²) < 4.78 is 27.4. The average Bonchev–Trinajstić information content (AvgIpc) is 2.35. The van der Waals surface area contributed by atoms with E-state index < -0.39 is 10.0 Å². The van der Waals surface area contributed by atoms with Crippen molar-refractivity contribution in [3.8, 4) is 0 Å². The molecule has 0 aliphatic rings. The van der Waals surface area contributed by atoms with Gasteiger partial charge < -0.3 is 10.1 Å². The Kier molecular flexibility index (Phi) is 5.46. The smallest absolute Gasteiger partial charge is 0.251 e. The molecule has 0 aliphatic heterocycles. The molecular weight excluding hydrogens is 268 g/mol.